The number of hydrogen-bond donors (Lipinski definition) is 2. The van der Waals surface area contributed by atoms with Crippen LogP contribution in [0.1, 0.15) is 12.0 Å². The first kappa shape index (κ1) is 16.8. The van der Waals surface area contributed by atoms with Gasteiger partial charge in [0, 0.05) is 11.9 Å². The third kappa shape index (κ3) is 4.73. The molecule has 0 saturated heterocycles. The highest BCUT2D eigenvalue weighted by atomic mass is 16.5. The molecule has 0 fully saturated rings. The van der Waals surface area contributed by atoms with E-state index in [0.29, 0.717) is 13.2 Å². The molecule has 0 bridgehead atoms. The van der Waals surface area contributed by atoms with E-state index in [1.54, 1.807) is 0 Å². The molecule has 4 nitrogen and oxygen atoms in total. The van der Waals surface area contributed by atoms with Gasteiger partial charge in [-0.25, -0.2) is 4.79 Å². The van der Waals surface area contributed by atoms with Crippen molar-refractivity contribution >= 4 is 22.5 Å². The van der Waals surface area contributed by atoms with Gasteiger partial charge in [-0.1, -0.05) is 54.1 Å². The Morgan fingerprint density at radius 1 is 0.960 bits per heavy atom. The summed E-state index contributed by atoms with van der Waals surface area (Å²) in [4.78, 5) is 12.1. The second kappa shape index (κ2) is 8.20. The number of hydrogen-bond acceptors (Lipinski definition) is 2. The monoisotopic (exact) mass is 334 g/mol. The summed E-state index contributed by atoms with van der Waals surface area (Å²) < 4.78 is 5.65. The Morgan fingerprint density at radius 2 is 1.72 bits per heavy atom. The summed E-state index contributed by atoms with van der Waals surface area (Å²) in [6, 6.07) is 21.6. The maximum absolute atomic E-state index is 12.1. The van der Waals surface area contributed by atoms with E-state index in [9.17, 15) is 4.79 Å². The Labute approximate surface area is 147 Å². The third-order valence-corrected chi connectivity index (χ3v) is 3.93. The Morgan fingerprint density at radius 3 is 2.56 bits per heavy atom. The largest absolute Gasteiger partial charge is 0.494 e. The molecule has 0 unspecified atom stereocenters. The molecule has 3 rings (SSSR count). The zero-order chi connectivity index (χ0) is 17.5. The van der Waals surface area contributed by atoms with Gasteiger partial charge in [-0.2, -0.15) is 0 Å². The van der Waals surface area contributed by atoms with Crippen LogP contribution in [-0.4, -0.2) is 19.2 Å². The van der Waals surface area contributed by atoms with E-state index in [0.717, 1.165) is 28.6 Å². The number of amides is 2. The van der Waals surface area contributed by atoms with Crippen molar-refractivity contribution in [1.82, 2.24) is 5.32 Å². The van der Waals surface area contributed by atoms with Gasteiger partial charge in [0.05, 0.1) is 12.3 Å². The number of nitrogens with one attached hydrogen (secondary N) is 2. The molecule has 3 aromatic carbocycles. The molecule has 0 saturated carbocycles. The van der Waals surface area contributed by atoms with E-state index in [4.69, 9.17) is 4.74 Å². The minimum atomic E-state index is -0.202. The lowest BCUT2D eigenvalue weighted by Crippen LogP contribution is -2.30. The van der Waals surface area contributed by atoms with Crippen LogP contribution in [0.3, 0.4) is 0 Å². The van der Waals surface area contributed by atoms with E-state index < -0.39 is 0 Å². The second-order valence-electron chi connectivity index (χ2n) is 5.92. The summed E-state index contributed by atoms with van der Waals surface area (Å²) in [5.74, 6) is 0.853. The van der Waals surface area contributed by atoms with E-state index in [1.165, 1.54) is 5.56 Å². The molecule has 0 spiro atoms. The van der Waals surface area contributed by atoms with E-state index in [-0.39, 0.29) is 6.03 Å². The van der Waals surface area contributed by atoms with Crippen molar-refractivity contribution < 1.29 is 9.53 Å². The Balaban J connectivity index is 1.43. The average Bonchev–Trinajstić information content (AvgIpc) is 2.63. The predicted molar refractivity (Wildman–Crippen MR) is 102 cm³/mol. The molecule has 2 amide bonds. The van der Waals surface area contributed by atoms with Gasteiger partial charge in [0.15, 0.2) is 0 Å². The second-order valence-corrected chi connectivity index (χ2v) is 5.92. The Hall–Kier alpha value is -3.01. The van der Waals surface area contributed by atoms with Gasteiger partial charge < -0.3 is 15.4 Å². The average molecular weight is 334 g/mol. The van der Waals surface area contributed by atoms with Crippen LogP contribution in [0, 0.1) is 6.92 Å². The fourth-order valence-corrected chi connectivity index (χ4v) is 2.60. The number of benzene rings is 3. The first-order chi connectivity index (χ1) is 12.2. The van der Waals surface area contributed by atoms with Crippen molar-refractivity contribution in [1.29, 1.82) is 0 Å². The van der Waals surface area contributed by atoms with Crippen molar-refractivity contribution in [2.24, 2.45) is 0 Å². The fourth-order valence-electron chi connectivity index (χ4n) is 2.60. The summed E-state index contributed by atoms with van der Waals surface area (Å²) in [5, 5.41) is 7.90. The van der Waals surface area contributed by atoms with Crippen molar-refractivity contribution in [3.05, 3.63) is 72.3 Å². The number of rotatable bonds is 6. The van der Waals surface area contributed by atoms with E-state index in [1.807, 2.05) is 73.7 Å². The molecule has 2 N–H and O–H groups in total. The van der Waals surface area contributed by atoms with E-state index >= 15 is 0 Å². The number of aryl methyl sites for hydroxylation is 1. The van der Waals surface area contributed by atoms with Crippen LogP contribution in [0.15, 0.2) is 66.7 Å². The Bertz CT molecular complexity index is 839. The summed E-state index contributed by atoms with van der Waals surface area (Å²) in [5.41, 5.74) is 2.02. The summed E-state index contributed by atoms with van der Waals surface area (Å²) in [7, 11) is 0. The van der Waals surface area contributed by atoms with Gasteiger partial charge in [0.2, 0.25) is 0 Å². The fraction of sp³-hybridized carbons (Fsp3) is 0.190. The lowest BCUT2D eigenvalue weighted by molar-refractivity contribution is 0.250. The molecule has 0 atom stereocenters. The van der Waals surface area contributed by atoms with Gasteiger partial charge in [0.25, 0.3) is 0 Å². The van der Waals surface area contributed by atoms with E-state index in [2.05, 4.69) is 10.6 Å². The predicted octanol–water partition coefficient (Wildman–Crippen LogP) is 4.74. The molecular weight excluding hydrogens is 312 g/mol. The van der Waals surface area contributed by atoms with Gasteiger partial charge >= 0.3 is 6.03 Å². The van der Waals surface area contributed by atoms with Crippen LogP contribution in [-0.2, 0) is 0 Å². The quantitative estimate of drug-likeness (QED) is 0.640. The van der Waals surface area contributed by atoms with Crippen molar-refractivity contribution in [2.75, 3.05) is 18.5 Å². The molecule has 25 heavy (non-hydrogen) atoms. The summed E-state index contributed by atoms with van der Waals surface area (Å²) in [6.45, 7) is 3.17. The number of urea groups is 1. The Kier molecular flexibility index (Phi) is 5.52. The minimum Gasteiger partial charge on any atom is -0.494 e. The number of anilines is 1. The third-order valence-electron chi connectivity index (χ3n) is 3.93. The van der Waals surface area contributed by atoms with Crippen LogP contribution in [0.5, 0.6) is 5.75 Å². The highest BCUT2D eigenvalue weighted by Gasteiger charge is 2.04. The van der Waals surface area contributed by atoms with Crippen molar-refractivity contribution in [3.63, 3.8) is 0 Å². The first-order valence-electron chi connectivity index (χ1n) is 8.44. The van der Waals surface area contributed by atoms with Gasteiger partial charge in [0.1, 0.15) is 5.75 Å². The molecule has 4 heteroatoms. The molecule has 3 aromatic rings. The topological polar surface area (TPSA) is 50.4 Å². The maximum atomic E-state index is 12.1. The highest BCUT2D eigenvalue weighted by Crippen LogP contribution is 2.22. The molecular formula is C21H22N2O2. The lowest BCUT2D eigenvalue weighted by atomic mass is 10.1. The zero-order valence-electron chi connectivity index (χ0n) is 14.3. The van der Waals surface area contributed by atoms with Crippen molar-refractivity contribution in [2.45, 2.75) is 13.3 Å². The maximum Gasteiger partial charge on any atom is 0.319 e. The number of ether oxygens (including phenoxy) is 1. The van der Waals surface area contributed by atoms with Gasteiger partial charge in [-0.05, 0) is 36.9 Å². The van der Waals surface area contributed by atoms with Crippen LogP contribution in [0.2, 0.25) is 0 Å². The normalized spacial score (nSPS) is 10.4. The van der Waals surface area contributed by atoms with Crippen LogP contribution in [0.4, 0.5) is 10.5 Å². The minimum absolute atomic E-state index is 0.202. The zero-order valence-corrected chi connectivity index (χ0v) is 14.3. The highest BCUT2D eigenvalue weighted by molar-refractivity contribution is 6.01. The summed E-state index contributed by atoms with van der Waals surface area (Å²) in [6.07, 6.45) is 0.747. The molecule has 0 aliphatic heterocycles. The number of carbonyl (C=O) groups excluding carboxylic acids is 1. The molecule has 0 aromatic heterocycles. The number of fused-ring (bicyclic) bond motifs is 1. The molecule has 0 radical (unpaired) electrons. The lowest BCUT2D eigenvalue weighted by Gasteiger charge is -2.10. The van der Waals surface area contributed by atoms with Crippen molar-refractivity contribution in [3.8, 4) is 5.75 Å². The summed E-state index contributed by atoms with van der Waals surface area (Å²) >= 11 is 0. The standard InChI is InChI=1S/C21H22N2O2/c1-16-10-12-18(13-11-16)25-15-5-14-22-21(24)23-20-9-4-7-17-6-2-3-8-19(17)20/h2-4,6-13H,5,14-15H2,1H3,(H2,22,23,24). The van der Waals surface area contributed by atoms with Gasteiger partial charge in [-0.3, -0.25) is 0 Å². The first-order valence-corrected chi connectivity index (χ1v) is 8.44. The number of carbonyl (C=O) groups is 1. The molecule has 0 heterocycles. The van der Waals surface area contributed by atoms with Crippen LogP contribution < -0.4 is 15.4 Å². The van der Waals surface area contributed by atoms with Crippen LogP contribution >= 0.6 is 0 Å². The molecule has 0 aliphatic carbocycles. The smallest absolute Gasteiger partial charge is 0.319 e. The van der Waals surface area contributed by atoms with Crippen LogP contribution in [0.25, 0.3) is 10.8 Å². The SMILES string of the molecule is Cc1ccc(OCCCNC(=O)Nc2cccc3ccccc23)cc1. The molecule has 0 aliphatic rings. The molecule has 128 valence electrons. The van der Waals surface area contributed by atoms with Gasteiger partial charge in [-0.15, -0.1) is 0 Å².